The second kappa shape index (κ2) is 19.8. The lowest BCUT2D eigenvalue weighted by Gasteiger charge is -2.36. The molecule has 0 aromatic rings. The third-order valence-electron chi connectivity index (χ3n) is 7.05. The van der Waals surface area contributed by atoms with Crippen LogP contribution in [0.2, 0.25) is 0 Å². The number of aliphatic carboxylic acids is 1. The molecule has 0 saturated heterocycles. The van der Waals surface area contributed by atoms with Gasteiger partial charge < -0.3 is 9.90 Å². The number of nitrogens with zero attached hydrogens (tertiary/aromatic N) is 2. The van der Waals surface area contributed by atoms with Crippen molar-refractivity contribution in [1.29, 1.82) is 0 Å². The number of carboxylic acids is 1. The van der Waals surface area contributed by atoms with Gasteiger partial charge in [-0.25, -0.2) is 9.48 Å². The summed E-state index contributed by atoms with van der Waals surface area (Å²) in [6, 6.07) is 0. The second-order valence-corrected chi connectivity index (χ2v) is 10.1. The van der Waals surface area contributed by atoms with Crippen LogP contribution in [0.5, 0.6) is 0 Å². The summed E-state index contributed by atoms with van der Waals surface area (Å²) < 4.78 is 0.110. The summed E-state index contributed by atoms with van der Waals surface area (Å²) in [5.74, 6) is -0.225. The number of hydrogen-bond donors (Lipinski definition) is 1. The highest BCUT2D eigenvalue weighted by molar-refractivity contribution is 5.81. The van der Waals surface area contributed by atoms with Crippen molar-refractivity contribution in [1.82, 2.24) is 0 Å². The lowest BCUT2D eigenvalue weighted by molar-refractivity contribution is -0.808. The van der Waals surface area contributed by atoms with Crippen molar-refractivity contribution in [3.63, 3.8) is 0 Å². The molecule has 0 aromatic heterocycles. The number of allylic oxidation sites excluding steroid dienone is 2. The van der Waals surface area contributed by atoms with Gasteiger partial charge in [-0.15, -0.1) is 0 Å². The first-order valence-corrected chi connectivity index (χ1v) is 14.3. The highest BCUT2D eigenvalue weighted by Gasteiger charge is 2.38. The Morgan fingerprint density at radius 1 is 0.882 bits per heavy atom. The van der Waals surface area contributed by atoms with E-state index in [2.05, 4.69) is 24.1 Å². The molecule has 0 aromatic carbocycles. The third-order valence-corrected chi connectivity index (χ3v) is 7.05. The fourth-order valence-electron chi connectivity index (χ4n) is 4.82. The molecule has 5 nitrogen and oxygen atoms in total. The Bertz CT molecular complexity index is 612. The largest absolute Gasteiger partial charge is 0.544 e. The molecule has 2 unspecified atom stereocenters. The molecule has 1 heterocycles. The van der Waals surface area contributed by atoms with Crippen molar-refractivity contribution in [2.24, 2.45) is 10.7 Å². The van der Waals surface area contributed by atoms with Crippen molar-refractivity contribution >= 4 is 11.8 Å². The summed E-state index contributed by atoms with van der Waals surface area (Å²) in [6.07, 6.45) is 32.4. The zero-order valence-corrected chi connectivity index (χ0v) is 22.3. The Balaban J connectivity index is 1.89. The van der Waals surface area contributed by atoms with E-state index in [9.17, 15) is 9.90 Å². The van der Waals surface area contributed by atoms with E-state index in [4.69, 9.17) is 5.73 Å². The number of carbonyl (C=O) groups excluding carboxylic acids is 1. The van der Waals surface area contributed by atoms with Gasteiger partial charge in [-0.1, -0.05) is 109 Å². The Labute approximate surface area is 210 Å². The summed E-state index contributed by atoms with van der Waals surface area (Å²) in [4.78, 5) is 15.6. The number of carbonyl (C=O) groups is 1. The van der Waals surface area contributed by atoms with Gasteiger partial charge in [0.2, 0.25) is 5.84 Å². The Hall–Kier alpha value is -1.46. The summed E-state index contributed by atoms with van der Waals surface area (Å²) in [5.41, 5.74) is 6.10. The predicted octanol–water partition coefficient (Wildman–Crippen LogP) is 6.73. The van der Waals surface area contributed by atoms with Crippen LogP contribution in [0.1, 0.15) is 136 Å². The number of aliphatic imine (C=N–C) groups is 1. The van der Waals surface area contributed by atoms with Crippen molar-refractivity contribution in [2.45, 2.75) is 142 Å². The highest BCUT2D eigenvalue weighted by atomic mass is 16.4. The van der Waals surface area contributed by atoms with Gasteiger partial charge in [-0.05, 0) is 25.7 Å². The van der Waals surface area contributed by atoms with E-state index in [1.54, 1.807) is 12.4 Å². The first kappa shape index (κ1) is 30.6. The van der Waals surface area contributed by atoms with Crippen LogP contribution in [-0.4, -0.2) is 29.0 Å². The molecule has 2 N–H and O–H groups in total. The van der Waals surface area contributed by atoms with Crippen LogP contribution in [0.4, 0.5) is 0 Å². The van der Waals surface area contributed by atoms with Gasteiger partial charge in [0.25, 0.3) is 0 Å². The fraction of sp³-hybridized carbons (Fsp3) is 0.793. The molecule has 0 fully saturated rings. The number of hydrogen-bond acceptors (Lipinski definition) is 4. The molecule has 0 radical (unpaired) electrons. The lowest BCUT2D eigenvalue weighted by atomic mass is 10.0. The van der Waals surface area contributed by atoms with Crippen LogP contribution in [0.3, 0.4) is 0 Å². The number of rotatable bonds is 23. The van der Waals surface area contributed by atoms with Gasteiger partial charge in [-0.3, -0.25) is 5.73 Å². The van der Waals surface area contributed by atoms with Crippen LogP contribution in [-0.2, 0) is 4.79 Å². The van der Waals surface area contributed by atoms with Gasteiger partial charge in [0.1, 0.15) is 18.9 Å². The van der Waals surface area contributed by atoms with Crippen molar-refractivity contribution in [2.75, 3.05) is 6.54 Å². The van der Waals surface area contributed by atoms with Crippen LogP contribution >= 0.6 is 0 Å². The average molecular weight is 476 g/mol. The van der Waals surface area contributed by atoms with Crippen LogP contribution in [0, 0.1) is 0 Å². The molecule has 0 saturated carbocycles. The first-order valence-electron chi connectivity index (χ1n) is 14.3. The molecule has 0 bridgehead atoms. The molecule has 1 aliphatic heterocycles. The Kier molecular flexibility index (Phi) is 17.8. The molecule has 5 heteroatoms. The number of unbranched alkanes of at least 4 members (excludes halogenated alkanes) is 16. The minimum Gasteiger partial charge on any atom is -0.544 e. The molecule has 0 spiro atoms. The summed E-state index contributed by atoms with van der Waals surface area (Å²) in [5, 5.41) is 11.2. The van der Waals surface area contributed by atoms with E-state index in [1.165, 1.54) is 109 Å². The zero-order valence-electron chi connectivity index (χ0n) is 22.3. The van der Waals surface area contributed by atoms with Crippen molar-refractivity contribution < 1.29 is 14.4 Å². The van der Waals surface area contributed by atoms with E-state index in [1.807, 2.05) is 6.92 Å². The first-order chi connectivity index (χ1) is 16.5. The van der Waals surface area contributed by atoms with Gasteiger partial charge >= 0.3 is 0 Å². The topological polar surface area (TPSA) is 78.5 Å². The maximum Gasteiger partial charge on any atom is 0.209 e. The summed E-state index contributed by atoms with van der Waals surface area (Å²) in [6.45, 7) is 3.94. The molecular formula is C29H53N3O2. The monoisotopic (exact) mass is 475 g/mol. The van der Waals surface area contributed by atoms with Gasteiger partial charge in [0.15, 0.2) is 0 Å². The van der Waals surface area contributed by atoms with E-state index in [0.717, 1.165) is 18.7 Å². The maximum atomic E-state index is 11.2. The lowest BCUT2D eigenvalue weighted by Crippen LogP contribution is -2.60. The smallest absolute Gasteiger partial charge is 0.209 e. The van der Waals surface area contributed by atoms with Crippen LogP contribution in [0.15, 0.2) is 29.5 Å². The number of quaternary nitrogens is 1. The summed E-state index contributed by atoms with van der Waals surface area (Å²) in [7, 11) is 0. The summed E-state index contributed by atoms with van der Waals surface area (Å²) >= 11 is 0. The van der Waals surface area contributed by atoms with Gasteiger partial charge in [0, 0.05) is 13.3 Å². The standard InChI is InChI=1S/C29H53N3O2/c1-3-4-5-6-7-8-9-10-11-12-13-14-15-16-17-18-19-20-21-22-23-28-31-24-25-32(28,27(2)30)26-29(33)34/h5-6,24-25,27H,3-4,7-23,26,30H2,1-2H3/b6-5+. The van der Waals surface area contributed by atoms with Crippen LogP contribution in [0.25, 0.3) is 0 Å². The molecule has 34 heavy (non-hydrogen) atoms. The maximum absolute atomic E-state index is 11.2. The zero-order chi connectivity index (χ0) is 24.9. The normalized spacial score (nSPS) is 18.6. The molecule has 196 valence electrons. The predicted molar refractivity (Wildman–Crippen MR) is 143 cm³/mol. The number of amidine groups is 1. The van der Waals surface area contributed by atoms with E-state index >= 15 is 0 Å². The Morgan fingerprint density at radius 3 is 1.82 bits per heavy atom. The fourth-order valence-corrected chi connectivity index (χ4v) is 4.82. The molecule has 1 rings (SSSR count). The van der Waals surface area contributed by atoms with Gasteiger partial charge in [0.05, 0.1) is 12.2 Å². The van der Waals surface area contributed by atoms with E-state index in [0.29, 0.717) is 0 Å². The second-order valence-electron chi connectivity index (χ2n) is 10.1. The van der Waals surface area contributed by atoms with Crippen LogP contribution < -0.4 is 10.8 Å². The van der Waals surface area contributed by atoms with Crippen molar-refractivity contribution in [3.05, 3.63) is 24.6 Å². The molecule has 1 aliphatic rings. The van der Waals surface area contributed by atoms with Gasteiger partial charge in [-0.2, -0.15) is 0 Å². The molecule has 2 atom stereocenters. The Morgan fingerprint density at radius 2 is 1.35 bits per heavy atom. The third kappa shape index (κ3) is 13.4. The molecule has 0 amide bonds. The van der Waals surface area contributed by atoms with E-state index < -0.39 is 5.97 Å². The van der Waals surface area contributed by atoms with Crippen molar-refractivity contribution in [3.8, 4) is 0 Å². The highest BCUT2D eigenvalue weighted by Crippen LogP contribution is 2.23. The quantitative estimate of drug-likeness (QED) is 0.101. The van der Waals surface area contributed by atoms with E-state index in [-0.39, 0.29) is 17.2 Å². The minimum atomic E-state index is -1.09. The molecule has 0 aliphatic carbocycles. The minimum absolute atomic E-state index is 0.110. The number of nitrogens with two attached hydrogens (primary N) is 1. The average Bonchev–Trinajstić information content (AvgIpc) is 3.20. The SMILES string of the molecule is CCC/C=C/CCCCCCCCCCCCCCCCCC1=NC=C[N+]1(CC(=O)[O-])C(C)N. The number of carboxylic acid groups (broad SMARTS) is 1. The molecular weight excluding hydrogens is 422 g/mol.